The molecule has 0 atom stereocenters. The summed E-state index contributed by atoms with van der Waals surface area (Å²) in [5, 5.41) is 17.2. The van der Waals surface area contributed by atoms with Crippen LogP contribution in [0.15, 0.2) is 88.0 Å². The molecule has 28 heavy (non-hydrogen) atoms. The summed E-state index contributed by atoms with van der Waals surface area (Å²) in [6, 6.07) is 24.2. The van der Waals surface area contributed by atoms with Gasteiger partial charge < -0.3 is 8.94 Å². The number of para-hydroxylation sites is 1. The molecule has 132 valence electrons. The maximum absolute atomic E-state index is 5.96. The first-order valence-corrected chi connectivity index (χ1v) is 8.96. The Bertz CT molecular complexity index is 1450. The topological polar surface area (TPSA) is 65.0 Å². The summed E-state index contributed by atoms with van der Waals surface area (Å²) in [6.45, 7) is 0. The minimum atomic E-state index is 0.622. The third-order valence-corrected chi connectivity index (χ3v) is 4.98. The number of fused-ring (bicyclic) bond motifs is 3. The molecular formula is C23H13N3O2. The smallest absolute Gasteiger partial charge is 0.156 e. The first kappa shape index (κ1) is 15.1. The van der Waals surface area contributed by atoms with Gasteiger partial charge in [-0.25, -0.2) is 0 Å². The fraction of sp³-hybridized carbons (Fsp3) is 0. The molecule has 0 N–H and O–H groups in total. The molecule has 3 aromatic carbocycles. The lowest BCUT2D eigenvalue weighted by atomic mass is 10.0. The molecule has 5 nitrogen and oxygen atoms in total. The van der Waals surface area contributed by atoms with E-state index < -0.39 is 0 Å². The summed E-state index contributed by atoms with van der Waals surface area (Å²) in [5.41, 5.74) is 3.73. The molecule has 0 amide bonds. The zero-order valence-electron chi connectivity index (χ0n) is 14.7. The molecule has 0 aliphatic rings. The fourth-order valence-corrected chi connectivity index (χ4v) is 3.59. The monoisotopic (exact) mass is 363 g/mol. The van der Waals surface area contributed by atoms with Gasteiger partial charge in [0, 0.05) is 10.9 Å². The van der Waals surface area contributed by atoms with Gasteiger partial charge in [-0.3, -0.25) is 0 Å². The van der Waals surface area contributed by atoms with E-state index >= 15 is 0 Å². The first-order chi connectivity index (χ1) is 13.9. The first-order valence-electron chi connectivity index (χ1n) is 8.96. The van der Waals surface area contributed by atoms with Crippen LogP contribution in [-0.2, 0) is 0 Å². The van der Waals surface area contributed by atoms with Crippen molar-refractivity contribution >= 4 is 32.6 Å². The van der Waals surface area contributed by atoms with Crippen LogP contribution in [0.2, 0.25) is 0 Å². The quantitative estimate of drug-likeness (QED) is 0.386. The van der Waals surface area contributed by atoms with Crippen molar-refractivity contribution in [1.82, 2.24) is 15.4 Å². The van der Waals surface area contributed by atoms with Crippen LogP contribution in [0.5, 0.6) is 0 Å². The molecule has 6 aromatic rings. The highest BCUT2D eigenvalue weighted by atomic mass is 16.5. The molecule has 0 unspecified atom stereocenters. The largest absolute Gasteiger partial charge is 0.454 e. The van der Waals surface area contributed by atoms with Crippen LogP contribution in [0.1, 0.15) is 0 Å². The van der Waals surface area contributed by atoms with Crippen molar-refractivity contribution in [3.05, 3.63) is 79.1 Å². The molecular weight excluding hydrogens is 350 g/mol. The van der Waals surface area contributed by atoms with Crippen LogP contribution in [0.3, 0.4) is 0 Å². The molecule has 0 saturated carbocycles. The molecule has 0 aliphatic carbocycles. The Morgan fingerprint density at radius 2 is 1.46 bits per heavy atom. The second-order valence-electron chi connectivity index (χ2n) is 6.68. The Labute approximate surface area is 159 Å². The molecule has 3 heterocycles. The molecule has 0 fully saturated rings. The maximum Gasteiger partial charge on any atom is 0.156 e. The maximum atomic E-state index is 5.96. The summed E-state index contributed by atoms with van der Waals surface area (Å²) < 4.78 is 11.2. The van der Waals surface area contributed by atoms with Crippen LogP contribution in [-0.4, -0.2) is 15.4 Å². The van der Waals surface area contributed by atoms with Gasteiger partial charge in [-0.2, -0.15) is 0 Å². The van der Waals surface area contributed by atoms with Gasteiger partial charge in [0.2, 0.25) is 0 Å². The molecule has 6 rings (SSSR count). The number of aromatic nitrogens is 3. The molecule has 0 radical (unpaired) electrons. The van der Waals surface area contributed by atoms with Gasteiger partial charge in [0.15, 0.2) is 5.76 Å². The number of benzene rings is 3. The van der Waals surface area contributed by atoms with Crippen LogP contribution in [0, 0.1) is 0 Å². The van der Waals surface area contributed by atoms with Crippen LogP contribution in [0.25, 0.3) is 55.4 Å². The molecule has 0 spiro atoms. The zero-order chi connectivity index (χ0) is 18.5. The summed E-state index contributed by atoms with van der Waals surface area (Å²) in [5.74, 6) is 0.645. The number of hydrogen-bond donors (Lipinski definition) is 0. The minimum absolute atomic E-state index is 0.622. The SMILES string of the molecule is c1ccc2cc(-c3nnc(-c4cc5ccccc5o4)c4conc34)ccc2c1. The zero-order valence-corrected chi connectivity index (χ0v) is 14.7. The average Bonchev–Trinajstić information content (AvgIpc) is 3.40. The second kappa shape index (κ2) is 5.76. The number of furan rings is 1. The third-order valence-electron chi connectivity index (χ3n) is 4.98. The van der Waals surface area contributed by atoms with E-state index in [2.05, 4.69) is 39.6 Å². The normalized spacial score (nSPS) is 11.6. The van der Waals surface area contributed by atoms with Crippen molar-refractivity contribution < 1.29 is 8.94 Å². The number of nitrogens with zero attached hydrogens (tertiary/aromatic N) is 3. The van der Waals surface area contributed by atoms with Crippen LogP contribution < -0.4 is 0 Å². The van der Waals surface area contributed by atoms with Crippen LogP contribution in [0.4, 0.5) is 0 Å². The predicted molar refractivity (Wildman–Crippen MR) is 108 cm³/mol. The summed E-state index contributed by atoms with van der Waals surface area (Å²) >= 11 is 0. The highest BCUT2D eigenvalue weighted by Crippen LogP contribution is 2.34. The fourth-order valence-electron chi connectivity index (χ4n) is 3.59. The molecule has 3 aromatic heterocycles. The lowest BCUT2D eigenvalue weighted by Gasteiger charge is -2.05. The van der Waals surface area contributed by atoms with Crippen LogP contribution >= 0.6 is 0 Å². The van der Waals surface area contributed by atoms with Gasteiger partial charge >= 0.3 is 0 Å². The summed E-state index contributed by atoms with van der Waals surface area (Å²) in [6.07, 6.45) is 1.59. The van der Waals surface area contributed by atoms with E-state index in [-0.39, 0.29) is 0 Å². The second-order valence-corrected chi connectivity index (χ2v) is 6.68. The highest BCUT2D eigenvalue weighted by Gasteiger charge is 2.18. The van der Waals surface area contributed by atoms with Gasteiger partial charge in [0.05, 0.1) is 5.39 Å². The molecule has 0 saturated heterocycles. The minimum Gasteiger partial charge on any atom is -0.454 e. The van der Waals surface area contributed by atoms with Crippen molar-refractivity contribution in [3.63, 3.8) is 0 Å². The van der Waals surface area contributed by atoms with E-state index in [9.17, 15) is 0 Å². The van der Waals surface area contributed by atoms with Crippen molar-refractivity contribution in [1.29, 1.82) is 0 Å². The van der Waals surface area contributed by atoms with Crippen molar-refractivity contribution in [2.75, 3.05) is 0 Å². The van der Waals surface area contributed by atoms with Gasteiger partial charge in [-0.15, -0.1) is 10.2 Å². The molecule has 0 bridgehead atoms. The summed E-state index contributed by atoms with van der Waals surface area (Å²) in [7, 11) is 0. The van der Waals surface area contributed by atoms with E-state index in [4.69, 9.17) is 8.94 Å². The Morgan fingerprint density at radius 3 is 2.36 bits per heavy atom. The number of hydrogen-bond acceptors (Lipinski definition) is 5. The third kappa shape index (κ3) is 2.23. The van der Waals surface area contributed by atoms with E-state index in [1.54, 1.807) is 6.26 Å². The van der Waals surface area contributed by atoms with E-state index in [1.165, 1.54) is 5.39 Å². The Kier molecular flexibility index (Phi) is 3.10. The molecule has 0 aliphatic heterocycles. The van der Waals surface area contributed by atoms with Crippen molar-refractivity contribution in [2.45, 2.75) is 0 Å². The van der Waals surface area contributed by atoms with Gasteiger partial charge in [-0.05, 0) is 29.0 Å². The predicted octanol–water partition coefficient (Wildman–Crippen LogP) is 5.85. The Balaban J connectivity index is 1.56. The van der Waals surface area contributed by atoms with Gasteiger partial charge in [0.25, 0.3) is 0 Å². The Hall–Kier alpha value is -3.99. The standard InChI is InChI=1S/C23H13N3O2/c1-2-6-15-11-17(10-9-14(15)5-1)21-23-18(13-27-26-23)22(25-24-21)20-12-16-7-3-4-8-19(16)28-20/h1-13H. The lowest BCUT2D eigenvalue weighted by Crippen LogP contribution is -1.93. The van der Waals surface area contributed by atoms with Gasteiger partial charge in [-0.1, -0.05) is 59.8 Å². The number of rotatable bonds is 2. The van der Waals surface area contributed by atoms with E-state index in [1.807, 2.05) is 48.5 Å². The van der Waals surface area contributed by atoms with Crippen molar-refractivity contribution in [2.24, 2.45) is 0 Å². The van der Waals surface area contributed by atoms with E-state index in [0.717, 1.165) is 27.3 Å². The Morgan fingerprint density at radius 1 is 0.679 bits per heavy atom. The summed E-state index contributed by atoms with van der Waals surface area (Å²) in [4.78, 5) is 0. The average molecular weight is 363 g/mol. The van der Waals surface area contributed by atoms with E-state index in [0.29, 0.717) is 22.7 Å². The van der Waals surface area contributed by atoms with Gasteiger partial charge in [0.1, 0.15) is 28.8 Å². The van der Waals surface area contributed by atoms with Crippen molar-refractivity contribution in [3.8, 4) is 22.7 Å². The lowest BCUT2D eigenvalue weighted by molar-refractivity contribution is 0.428. The highest BCUT2D eigenvalue weighted by molar-refractivity contribution is 6.00. The molecule has 5 heteroatoms.